The molecule has 1 aliphatic heterocycles. The van der Waals surface area contributed by atoms with Crippen molar-refractivity contribution in [1.82, 2.24) is 4.57 Å². The number of carbonyl (C=O) groups excluding carboxylic acids is 1. The Balaban J connectivity index is 2.69. The highest BCUT2D eigenvalue weighted by Crippen LogP contribution is 2.34. The Kier molecular flexibility index (Phi) is 3.54. The van der Waals surface area contributed by atoms with Gasteiger partial charge in [0.1, 0.15) is 5.54 Å². The minimum atomic E-state index is -2.08. The number of rotatable bonds is 3. The Morgan fingerprint density at radius 2 is 2.19 bits per heavy atom. The number of hydrogen-bond acceptors (Lipinski definition) is 6. The Morgan fingerprint density at radius 1 is 1.57 bits per heavy atom. The highest BCUT2D eigenvalue weighted by molar-refractivity contribution is 5.82. The van der Waals surface area contributed by atoms with Gasteiger partial charge in [0.05, 0.1) is 18.7 Å². The molecule has 0 bridgehead atoms. The monoisotopic (exact) mass is 297 g/mol. The molecule has 3 N–H and O–H groups in total. The standard InChI is InChI=1S/C13H19N3O5/c1-4-6-15-7-5-8-14-12(2,10(18)19)9(17)13(3,21)16(8)11(15)20/h5,7,9,17,21H,4,6H2,1-3H3,(H,18,19)/t9-,12+,13-/m1/s1. The molecule has 0 fully saturated rings. The average molecular weight is 297 g/mol. The van der Waals surface area contributed by atoms with E-state index in [1.807, 2.05) is 6.92 Å². The molecule has 0 aliphatic carbocycles. The minimum absolute atomic E-state index is 0.106. The highest BCUT2D eigenvalue weighted by atomic mass is 16.4. The van der Waals surface area contributed by atoms with Crippen LogP contribution in [-0.4, -0.2) is 32.4 Å². The number of aliphatic hydroxyl groups excluding tert-OH is 1. The van der Waals surface area contributed by atoms with Gasteiger partial charge in [-0.15, -0.1) is 4.57 Å². The summed E-state index contributed by atoms with van der Waals surface area (Å²) in [6.07, 6.45) is 0.458. The normalized spacial score (nSPS) is 31.4. The van der Waals surface area contributed by atoms with Crippen LogP contribution in [0.4, 0.5) is 5.82 Å². The first kappa shape index (κ1) is 15.5. The molecule has 1 aromatic heterocycles. The van der Waals surface area contributed by atoms with Gasteiger partial charge in [-0.1, -0.05) is 6.92 Å². The van der Waals surface area contributed by atoms with Crippen molar-refractivity contribution in [2.45, 2.75) is 51.1 Å². The first-order chi connectivity index (χ1) is 9.66. The van der Waals surface area contributed by atoms with Gasteiger partial charge < -0.3 is 25.4 Å². The SMILES string of the molecule is CCC[n+]1ccc2n(c1=O)[C@](C)(O)[C@H](O)[C@@](C)(C(=O)[O-])N2. The van der Waals surface area contributed by atoms with E-state index in [1.165, 1.54) is 30.7 Å². The third kappa shape index (κ3) is 2.11. The molecule has 0 aromatic carbocycles. The zero-order valence-corrected chi connectivity index (χ0v) is 12.2. The smallest absolute Gasteiger partial charge is 0.502 e. The van der Waals surface area contributed by atoms with E-state index in [-0.39, 0.29) is 5.82 Å². The maximum absolute atomic E-state index is 12.4. The Morgan fingerprint density at radius 3 is 2.71 bits per heavy atom. The van der Waals surface area contributed by atoms with E-state index in [4.69, 9.17) is 0 Å². The topological polar surface area (TPSA) is 118 Å². The molecular weight excluding hydrogens is 278 g/mol. The van der Waals surface area contributed by atoms with Gasteiger partial charge in [-0.2, -0.15) is 9.36 Å². The van der Waals surface area contributed by atoms with Crippen LogP contribution in [0.5, 0.6) is 0 Å². The number of carboxylic acid groups (broad SMARTS) is 1. The molecule has 0 saturated heterocycles. The molecule has 2 heterocycles. The number of carboxylic acids is 1. The number of aromatic nitrogens is 2. The summed E-state index contributed by atoms with van der Waals surface area (Å²) in [4.78, 5) is 23.7. The maximum Gasteiger partial charge on any atom is 0.502 e. The Labute approximate surface area is 121 Å². The van der Waals surface area contributed by atoms with E-state index in [9.17, 15) is 24.9 Å². The lowest BCUT2D eigenvalue weighted by atomic mass is 9.85. The number of aliphatic carboxylic acids is 1. The average Bonchev–Trinajstić information content (AvgIpc) is 2.39. The fourth-order valence-electron chi connectivity index (χ4n) is 2.64. The molecule has 2 rings (SSSR count). The molecule has 3 atom stereocenters. The zero-order valence-electron chi connectivity index (χ0n) is 12.2. The fourth-order valence-corrected chi connectivity index (χ4v) is 2.64. The first-order valence-corrected chi connectivity index (χ1v) is 6.72. The summed E-state index contributed by atoms with van der Waals surface area (Å²) >= 11 is 0. The van der Waals surface area contributed by atoms with Crippen LogP contribution in [0.25, 0.3) is 0 Å². The summed E-state index contributed by atoms with van der Waals surface area (Å²) in [6.45, 7) is 4.74. The van der Waals surface area contributed by atoms with Crippen LogP contribution in [-0.2, 0) is 17.1 Å². The van der Waals surface area contributed by atoms with Crippen molar-refractivity contribution in [1.29, 1.82) is 0 Å². The van der Waals surface area contributed by atoms with Gasteiger partial charge in [0.25, 0.3) is 0 Å². The minimum Gasteiger partial charge on any atom is -0.547 e. The summed E-state index contributed by atoms with van der Waals surface area (Å²) in [7, 11) is 0. The number of nitrogens with zero attached hydrogens (tertiary/aromatic N) is 2. The van der Waals surface area contributed by atoms with E-state index in [1.54, 1.807) is 0 Å². The quantitative estimate of drug-likeness (QED) is 0.531. The summed E-state index contributed by atoms with van der Waals surface area (Å²) in [5.41, 5.74) is -4.53. The summed E-state index contributed by atoms with van der Waals surface area (Å²) < 4.78 is 2.34. The third-order valence-electron chi connectivity index (χ3n) is 3.88. The molecule has 1 aliphatic rings. The molecule has 1 aromatic rings. The Bertz CT molecular complexity index is 639. The van der Waals surface area contributed by atoms with Crippen molar-refractivity contribution in [3.63, 3.8) is 0 Å². The van der Waals surface area contributed by atoms with Crippen LogP contribution in [0, 0.1) is 0 Å². The molecule has 0 spiro atoms. The summed E-state index contributed by atoms with van der Waals surface area (Å²) in [6, 6.07) is 1.48. The number of hydrogen-bond donors (Lipinski definition) is 3. The highest BCUT2D eigenvalue weighted by Gasteiger charge is 2.56. The number of aliphatic hydroxyl groups is 2. The van der Waals surface area contributed by atoms with Crippen LogP contribution in [0.2, 0.25) is 0 Å². The van der Waals surface area contributed by atoms with Crippen LogP contribution in [0.15, 0.2) is 17.1 Å². The molecule has 8 nitrogen and oxygen atoms in total. The predicted octanol–water partition coefficient (Wildman–Crippen LogP) is -2.49. The van der Waals surface area contributed by atoms with Crippen molar-refractivity contribution >= 4 is 11.8 Å². The van der Waals surface area contributed by atoms with Crippen molar-refractivity contribution in [2.24, 2.45) is 0 Å². The van der Waals surface area contributed by atoms with E-state index in [0.717, 1.165) is 4.57 Å². The van der Waals surface area contributed by atoms with Crippen molar-refractivity contribution in [2.75, 3.05) is 5.32 Å². The third-order valence-corrected chi connectivity index (χ3v) is 3.88. The van der Waals surface area contributed by atoms with Crippen LogP contribution in [0.1, 0.15) is 27.2 Å². The molecule has 21 heavy (non-hydrogen) atoms. The van der Waals surface area contributed by atoms with E-state index >= 15 is 0 Å². The van der Waals surface area contributed by atoms with Crippen molar-refractivity contribution in [3.05, 3.63) is 22.7 Å². The predicted molar refractivity (Wildman–Crippen MR) is 70.1 cm³/mol. The fraction of sp³-hybridized carbons (Fsp3) is 0.615. The van der Waals surface area contributed by atoms with Gasteiger partial charge in [-0.25, -0.2) is 0 Å². The second-order valence-electron chi connectivity index (χ2n) is 5.62. The lowest BCUT2D eigenvalue weighted by Gasteiger charge is -2.45. The second kappa shape index (κ2) is 4.81. The van der Waals surface area contributed by atoms with Gasteiger partial charge in [-0.05, 0) is 13.3 Å². The molecule has 116 valence electrons. The van der Waals surface area contributed by atoms with Gasteiger partial charge in [0.15, 0.2) is 6.10 Å². The molecule has 0 unspecified atom stereocenters. The number of fused-ring (bicyclic) bond motifs is 1. The first-order valence-electron chi connectivity index (χ1n) is 6.72. The largest absolute Gasteiger partial charge is 0.547 e. The maximum atomic E-state index is 12.4. The van der Waals surface area contributed by atoms with E-state index in [2.05, 4.69) is 5.32 Å². The number of aryl methyl sites for hydroxylation is 1. The number of carbonyl (C=O) groups is 1. The molecule has 8 heteroatoms. The van der Waals surface area contributed by atoms with Gasteiger partial charge in [0, 0.05) is 13.0 Å². The lowest BCUT2D eigenvalue weighted by Crippen LogP contribution is -2.72. The molecule has 0 saturated carbocycles. The molecular formula is C13H19N3O5. The lowest BCUT2D eigenvalue weighted by molar-refractivity contribution is -0.716. The van der Waals surface area contributed by atoms with Crippen LogP contribution in [0.3, 0.4) is 0 Å². The Hall–Kier alpha value is -1.93. The summed E-state index contributed by atoms with van der Waals surface area (Å²) in [5.74, 6) is -1.46. The number of anilines is 1. The van der Waals surface area contributed by atoms with E-state index < -0.39 is 29.0 Å². The molecule has 0 amide bonds. The van der Waals surface area contributed by atoms with Crippen molar-refractivity contribution in [3.8, 4) is 0 Å². The van der Waals surface area contributed by atoms with Crippen LogP contribution >= 0.6 is 0 Å². The van der Waals surface area contributed by atoms with Crippen LogP contribution < -0.4 is 20.7 Å². The zero-order chi connectivity index (χ0) is 16.0. The second-order valence-corrected chi connectivity index (χ2v) is 5.62. The molecule has 0 radical (unpaired) electrons. The van der Waals surface area contributed by atoms with E-state index in [0.29, 0.717) is 13.0 Å². The number of nitrogens with one attached hydrogen (secondary N) is 1. The van der Waals surface area contributed by atoms with Crippen molar-refractivity contribution < 1.29 is 24.7 Å². The van der Waals surface area contributed by atoms with Gasteiger partial charge in [-0.3, -0.25) is 0 Å². The van der Waals surface area contributed by atoms with Gasteiger partial charge in [0.2, 0.25) is 11.5 Å². The summed E-state index contributed by atoms with van der Waals surface area (Å²) in [5, 5.41) is 34.6. The van der Waals surface area contributed by atoms with Gasteiger partial charge >= 0.3 is 5.69 Å².